The summed E-state index contributed by atoms with van der Waals surface area (Å²) in [6, 6.07) is 5.41. The Balaban J connectivity index is 2.25. The third-order valence-corrected chi connectivity index (χ3v) is 7.16. The minimum absolute atomic E-state index is 0.543. The Hall–Kier alpha value is -2.34. The largest absolute Gasteiger partial charge is 0.737 e. The van der Waals surface area contributed by atoms with Crippen LogP contribution in [-0.4, -0.2) is 28.8 Å². The fourth-order valence-electron chi connectivity index (χ4n) is 5.60. The Kier molecular flexibility index (Phi) is 5.20. The summed E-state index contributed by atoms with van der Waals surface area (Å²) < 4.78 is 40.7. The zero-order chi connectivity index (χ0) is 22.8. The maximum absolute atomic E-state index is 16.2. The summed E-state index contributed by atoms with van der Waals surface area (Å²) in [4.78, 5) is 0. The molecule has 4 rings (SSSR count). The third-order valence-electron chi connectivity index (χ3n) is 6.93. The Morgan fingerprint density at radius 3 is 2.35 bits per heavy atom. The molecule has 0 N–H and O–H groups in total. The fraction of sp³-hybridized carbons (Fsp3) is 0.375. The Labute approximate surface area is 187 Å². The van der Waals surface area contributed by atoms with Crippen molar-refractivity contribution >= 4 is 29.9 Å². The molecule has 164 valence electrons. The van der Waals surface area contributed by atoms with Crippen LogP contribution >= 0.6 is 11.6 Å². The number of allylic oxidation sites excluding steroid dienone is 2. The number of hydrogen-bond acceptors (Lipinski definition) is 1. The average molecular weight is 445 g/mol. The van der Waals surface area contributed by atoms with Crippen LogP contribution in [0.3, 0.4) is 0 Å². The zero-order valence-corrected chi connectivity index (χ0v) is 19.9. The standard InChI is InChI=1S/C24H28BClF2N2O/c1-8-18-13(3)23-22(20-11-10-17(26)12-21(20)31-7)24-14(4)19(9-2)16(6)30(24)25(27,28)29(23)15(18)5/h10-12H,8-9H2,1-7H3. The molecule has 2 aromatic rings. The van der Waals surface area contributed by atoms with Crippen LogP contribution < -0.4 is 4.74 Å². The van der Waals surface area contributed by atoms with Crippen molar-refractivity contribution in [2.45, 2.75) is 54.4 Å². The van der Waals surface area contributed by atoms with Crippen molar-refractivity contribution < 1.29 is 17.9 Å². The zero-order valence-electron chi connectivity index (χ0n) is 19.2. The second-order valence-electron chi connectivity index (χ2n) is 8.33. The van der Waals surface area contributed by atoms with Gasteiger partial charge >= 0.3 is 6.97 Å². The first-order chi connectivity index (χ1) is 14.6. The van der Waals surface area contributed by atoms with E-state index >= 15 is 8.63 Å². The van der Waals surface area contributed by atoms with Crippen LogP contribution in [-0.2, 0) is 6.42 Å². The van der Waals surface area contributed by atoms with Gasteiger partial charge in [0.2, 0.25) is 0 Å². The van der Waals surface area contributed by atoms with Crippen LogP contribution in [0, 0.1) is 13.8 Å². The number of benzene rings is 1. The molecule has 2 aliphatic rings. The van der Waals surface area contributed by atoms with E-state index in [0.29, 0.717) is 46.4 Å². The molecule has 31 heavy (non-hydrogen) atoms. The second-order valence-corrected chi connectivity index (χ2v) is 8.77. The molecule has 0 spiro atoms. The number of fused-ring (bicyclic) bond motifs is 2. The molecule has 7 heteroatoms. The van der Waals surface area contributed by atoms with E-state index in [2.05, 4.69) is 0 Å². The van der Waals surface area contributed by atoms with Gasteiger partial charge in [-0.2, -0.15) is 0 Å². The predicted octanol–water partition coefficient (Wildman–Crippen LogP) is 6.54. The molecular weight excluding hydrogens is 417 g/mol. The Bertz CT molecular complexity index is 1220. The third kappa shape index (κ3) is 2.80. The summed E-state index contributed by atoms with van der Waals surface area (Å²) in [6.45, 7) is 7.51. The number of halogens is 3. The molecule has 0 radical (unpaired) electrons. The second kappa shape index (κ2) is 7.37. The lowest BCUT2D eigenvalue weighted by Crippen LogP contribution is -2.51. The first-order valence-corrected chi connectivity index (χ1v) is 11.1. The maximum Gasteiger partial charge on any atom is 0.737 e. The van der Waals surface area contributed by atoms with Crippen LogP contribution in [0.25, 0.3) is 5.57 Å². The molecule has 0 unspecified atom stereocenters. The normalized spacial score (nSPS) is 17.5. The summed E-state index contributed by atoms with van der Waals surface area (Å²) in [5, 5.41) is 0.543. The van der Waals surface area contributed by atoms with Crippen molar-refractivity contribution in [3.8, 4) is 5.75 Å². The van der Waals surface area contributed by atoms with Gasteiger partial charge in [-0.1, -0.05) is 25.4 Å². The highest BCUT2D eigenvalue weighted by Crippen LogP contribution is 2.48. The van der Waals surface area contributed by atoms with Crippen molar-refractivity contribution in [3.63, 3.8) is 0 Å². The van der Waals surface area contributed by atoms with Gasteiger partial charge in [0.1, 0.15) is 11.5 Å². The number of hydrogen-bond donors (Lipinski definition) is 0. The lowest BCUT2D eigenvalue weighted by molar-refractivity contribution is -0.363. The van der Waals surface area contributed by atoms with E-state index in [1.54, 1.807) is 33.1 Å². The van der Waals surface area contributed by atoms with Crippen molar-refractivity contribution in [2.24, 2.45) is 0 Å². The lowest BCUT2D eigenvalue weighted by atomic mass is 9.83. The number of methoxy groups -OCH3 is 1. The quantitative estimate of drug-likeness (QED) is 0.489. The molecule has 0 bridgehead atoms. The summed E-state index contributed by atoms with van der Waals surface area (Å²) in [7, 11) is 1.58. The van der Waals surface area contributed by atoms with Gasteiger partial charge in [0, 0.05) is 34.3 Å². The smallest absolute Gasteiger partial charge is 0.496 e. The van der Waals surface area contributed by atoms with Crippen LogP contribution in [0.1, 0.15) is 62.2 Å². The van der Waals surface area contributed by atoms with Crippen molar-refractivity contribution in [1.82, 2.24) is 4.48 Å². The molecule has 1 aromatic heterocycles. The monoisotopic (exact) mass is 444 g/mol. The van der Waals surface area contributed by atoms with E-state index in [-0.39, 0.29) is 0 Å². The molecule has 0 fully saturated rings. The summed E-state index contributed by atoms with van der Waals surface area (Å²) >= 11 is 6.23. The topological polar surface area (TPSA) is 17.2 Å². The van der Waals surface area contributed by atoms with E-state index in [9.17, 15) is 0 Å². The van der Waals surface area contributed by atoms with E-state index in [1.165, 1.54) is 8.96 Å². The van der Waals surface area contributed by atoms with Gasteiger partial charge < -0.3 is 22.3 Å². The van der Waals surface area contributed by atoms with E-state index in [1.807, 2.05) is 33.8 Å². The van der Waals surface area contributed by atoms with E-state index < -0.39 is 6.97 Å². The maximum atomic E-state index is 16.2. The van der Waals surface area contributed by atoms with Gasteiger partial charge in [-0.3, -0.25) is 0 Å². The van der Waals surface area contributed by atoms with E-state index in [0.717, 1.165) is 33.4 Å². The predicted molar refractivity (Wildman–Crippen MR) is 125 cm³/mol. The first-order valence-electron chi connectivity index (χ1n) is 10.8. The molecule has 0 aliphatic carbocycles. The molecule has 3 heterocycles. The van der Waals surface area contributed by atoms with Gasteiger partial charge in [0.15, 0.2) is 5.70 Å². The molecular formula is C24H28BClF2N2O. The highest BCUT2D eigenvalue weighted by Gasteiger charge is 2.56. The molecule has 0 saturated carbocycles. The van der Waals surface area contributed by atoms with Crippen LogP contribution in [0.4, 0.5) is 8.63 Å². The Morgan fingerprint density at radius 2 is 1.77 bits per heavy atom. The number of aromatic nitrogens is 1. The molecule has 0 saturated heterocycles. The van der Waals surface area contributed by atoms with Gasteiger partial charge in [0.25, 0.3) is 0 Å². The molecule has 1 aromatic carbocycles. The average Bonchev–Trinajstić information content (AvgIpc) is 3.13. The van der Waals surface area contributed by atoms with Gasteiger partial charge in [-0.05, 0) is 68.6 Å². The SMILES string of the molecule is CCC1=C(C)C2=C(c3ccc(Cl)cc3OC)c3c(C)c(CC)c(C)n3[B-](F)(F)[N+]2=C1C. The van der Waals surface area contributed by atoms with Crippen molar-refractivity contribution in [1.29, 1.82) is 0 Å². The summed E-state index contributed by atoms with van der Waals surface area (Å²) in [6.07, 6.45) is 1.39. The number of rotatable bonds is 4. The first kappa shape index (κ1) is 21.9. The summed E-state index contributed by atoms with van der Waals surface area (Å²) in [5.74, 6) is 0.575. The summed E-state index contributed by atoms with van der Waals surface area (Å²) in [5.41, 5.74) is 7.70. The number of ether oxygens (including phenoxy) is 1. The Morgan fingerprint density at radius 1 is 1.10 bits per heavy atom. The van der Waals surface area contributed by atoms with Crippen LogP contribution in [0.5, 0.6) is 5.75 Å². The minimum Gasteiger partial charge on any atom is -0.496 e. The molecule has 2 aliphatic heterocycles. The number of nitrogens with zero attached hydrogens (tertiary/aromatic N) is 2. The highest BCUT2D eigenvalue weighted by atomic mass is 35.5. The lowest BCUT2D eigenvalue weighted by Gasteiger charge is -2.34. The molecule has 0 atom stereocenters. The van der Waals surface area contributed by atoms with Gasteiger partial charge in [-0.25, -0.2) is 0 Å². The van der Waals surface area contributed by atoms with E-state index in [4.69, 9.17) is 16.3 Å². The van der Waals surface area contributed by atoms with Crippen LogP contribution in [0.2, 0.25) is 5.02 Å². The van der Waals surface area contributed by atoms with Gasteiger partial charge in [-0.15, -0.1) is 0 Å². The molecule has 0 amide bonds. The van der Waals surface area contributed by atoms with Crippen molar-refractivity contribution in [3.05, 3.63) is 68.1 Å². The molecule has 3 nitrogen and oxygen atoms in total. The van der Waals surface area contributed by atoms with Gasteiger partial charge in [0.05, 0.1) is 12.7 Å². The van der Waals surface area contributed by atoms with Crippen LogP contribution in [0.15, 0.2) is 35.0 Å². The fourth-order valence-corrected chi connectivity index (χ4v) is 5.77. The minimum atomic E-state index is -4.03. The highest BCUT2D eigenvalue weighted by molar-refractivity contribution is 6.58. The van der Waals surface area contributed by atoms with Crippen molar-refractivity contribution in [2.75, 3.05) is 7.11 Å².